The van der Waals surface area contributed by atoms with Crippen LogP contribution in [-0.4, -0.2) is 33.6 Å². The first-order chi connectivity index (χ1) is 11.8. The van der Waals surface area contributed by atoms with Gasteiger partial charge in [-0.05, 0) is 43.3 Å². The Bertz CT molecular complexity index is 838. The molecule has 0 N–H and O–H groups in total. The minimum Gasteiger partial charge on any atom is -0.490 e. The Labute approximate surface area is 154 Å². The van der Waals surface area contributed by atoms with Gasteiger partial charge in [-0.2, -0.15) is 8.42 Å². The number of halogens is 2. The number of rotatable bonds is 6. The molecular weight excluding hydrogens is 415 g/mol. The summed E-state index contributed by atoms with van der Waals surface area (Å²) >= 11 is 3.29. The minimum absolute atomic E-state index is 0.0511. The lowest BCUT2D eigenvalue weighted by atomic mass is 10.0. The normalized spacial score (nSPS) is 23.1. The predicted octanol–water partition coefficient (Wildman–Crippen LogP) is 3.61. The molecule has 2 unspecified atom stereocenters. The van der Waals surface area contributed by atoms with E-state index >= 15 is 0 Å². The highest BCUT2D eigenvalue weighted by Gasteiger charge is 2.54. The van der Waals surface area contributed by atoms with Crippen LogP contribution in [0.25, 0.3) is 0 Å². The first-order valence-corrected chi connectivity index (χ1v) is 9.67. The first kappa shape index (κ1) is 18.3. The van der Waals surface area contributed by atoms with Gasteiger partial charge in [0.1, 0.15) is 12.4 Å². The summed E-state index contributed by atoms with van der Waals surface area (Å²) in [4.78, 5) is -0.0511. The van der Waals surface area contributed by atoms with Crippen molar-refractivity contribution in [3.05, 3.63) is 58.6 Å². The van der Waals surface area contributed by atoms with Crippen molar-refractivity contribution in [1.29, 1.82) is 0 Å². The van der Waals surface area contributed by atoms with E-state index in [1.54, 1.807) is 36.4 Å². The average Bonchev–Trinajstić information content (AvgIpc) is 2.58. The van der Waals surface area contributed by atoms with Crippen LogP contribution in [0.1, 0.15) is 5.56 Å². The minimum atomic E-state index is -4.12. The average molecular weight is 431 g/mol. The van der Waals surface area contributed by atoms with Crippen LogP contribution < -0.4 is 4.74 Å². The standard InChI is InChI=1S/C17H16BrFO5S/c1-12-2-8-15(9-3-12)25(20,21)24-16-17(19,11-23-16)10-22-14-6-4-13(18)5-7-14/h2-9,16H,10-11H2,1H3. The molecule has 2 atom stereocenters. The van der Waals surface area contributed by atoms with Crippen LogP contribution in [0.2, 0.25) is 0 Å². The molecule has 25 heavy (non-hydrogen) atoms. The summed E-state index contributed by atoms with van der Waals surface area (Å²) in [6.07, 6.45) is -1.53. The second kappa shape index (κ2) is 7.03. The molecule has 8 heteroatoms. The summed E-state index contributed by atoms with van der Waals surface area (Å²) < 4.78 is 55.4. The van der Waals surface area contributed by atoms with Gasteiger partial charge in [-0.25, -0.2) is 8.57 Å². The van der Waals surface area contributed by atoms with Crippen LogP contribution in [-0.2, 0) is 19.0 Å². The predicted molar refractivity (Wildman–Crippen MR) is 92.7 cm³/mol. The molecule has 1 aliphatic heterocycles. The van der Waals surface area contributed by atoms with Crippen molar-refractivity contribution in [2.24, 2.45) is 0 Å². The van der Waals surface area contributed by atoms with Gasteiger partial charge in [0.05, 0.1) is 11.5 Å². The molecule has 0 amide bonds. The molecule has 0 saturated carbocycles. The van der Waals surface area contributed by atoms with Crippen LogP contribution >= 0.6 is 15.9 Å². The van der Waals surface area contributed by atoms with E-state index in [1.807, 2.05) is 6.92 Å². The third-order valence-corrected chi connectivity index (χ3v) is 5.52. The number of benzene rings is 2. The SMILES string of the molecule is Cc1ccc(S(=O)(=O)OC2OCC2(F)COc2ccc(Br)cc2)cc1. The Hall–Kier alpha value is -1.48. The Kier molecular flexibility index (Phi) is 5.15. The third kappa shape index (κ3) is 4.20. The van der Waals surface area contributed by atoms with E-state index < -0.39 is 22.1 Å². The van der Waals surface area contributed by atoms with Crippen molar-refractivity contribution in [2.75, 3.05) is 13.2 Å². The van der Waals surface area contributed by atoms with Gasteiger partial charge in [0.25, 0.3) is 10.1 Å². The van der Waals surface area contributed by atoms with Crippen LogP contribution in [0.15, 0.2) is 57.9 Å². The molecule has 0 spiro atoms. The van der Waals surface area contributed by atoms with Crippen molar-refractivity contribution < 1.29 is 26.5 Å². The molecule has 0 radical (unpaired) electrons. The Morgan fingerprint density at radius 3 is 2.40 bits per heavy atom. The number of hydrogen-bond acceptors (Lipinski definition) is 5. The molecule has 5 nitrogen and oxygen atoms in total. The fourth-order valence-electron chi connectivity index (χ4n) is 2.17. The number of ether oxygens (including phenoxy) is 2. The van der Waals surface area contributed by atoms with Gasteiger partial charge in [0.2, 0.25) is 12.0 Å². The zero-order chi connectivity index (χ0) is 18.1. The summed E-state index contributed by atoms with van der Waals surface area (Å²) in [6, 6.07) is 12.9. The Morgan fingerprint density at radius 2 is 1.84 bits per heavy atom. The van der Waals surface area contributed by atoms with E-state index in [1.165, 1.54) is 12.1 Å². The summed E-state index contributed by atoms with van der Waals surface area (Å²) in [6.45, 7) is 1.17. The molecule has 1 saturated heterocycles. The monoisotopic (exact) mass is 430 g/mol. The first-order valence-electron chi connectivity index (χ1n) is 7.47. The van der Waals surface area contributed by atoms with E-state index in [-0.39, 0.29) is 18.1 Å². The maximum absolute atomic E-state index is 14.8. The molecule has 0 bridgehead atoms. The smallest absolute Gasteiger partial charge is 0.299 e. The summed E-state index contributed by atoms with van der Waals surface area (Å²) in [5.74, 6) is 0.465. The fraction of sp³-hybridized carbons (Fsp3) is 0.294. The van der Waals surface area contributed by atoms with Crippen LogP contribution in [0.3, 0.4) is 0 Å². The van der Waals surface area contributed by atoms with Crippen molar-refractivity contribution in [3.8, 4) is 5.75 Å². The lowest BCUT2D eigenvalue weighted by molar-refractivity contribution is -0.283. The maximum atomic E-state index is 14.8. The van der Waals surface area contributed by atoms with Crippen molar-refractivity contribution in [3.63, 3.8) is 0 Å². The molecule has 2 aromatic rings. The van der Waals surface area contributed by atoms with E-state index in [2.05, 4.69) is 15.9 Å². The number of aryl methyl sites for hydroxylation is 1. The third-order valence-electron chi connectivity index (χ3n) is 3.71. The van der Waals surface area contributed by atoms with Gasteiger partial charge < -0.3 is 9.47 Å². The fourth-order valence-corrected chi connectivity index (χ4v) is 3.47. The molecule has 134 valence electrons. The highest BCUT2D eigenvalue weighted by atomic mass is 79.9. The van der Waals surface area contributed by atoms with E-state index in [4.69, 9.17) is 13.7 Å². The zero-order valence-electron chi connectivity index (χ0n) is 13.3. The van der Waals surface area contributed by atoms with Crippen LogP contribution in [0.4, 0.5) is 4.39 Å². The molecule has 0 aliphatic carbocycles. The van der Waals surface area contributed by atoms with Crippen molar-refractivity contribution in [1.82, 2.24) is 0 Å². The zero-order valence-corrected chi connectivity index (χ0v) is 15.7. The molecular formula is C17H16BrFO5S. The van der Waals surface area contributed by atoms with E-state index in [0.29, 0.717) is 5.75 Å². The molecule has 1 heterocycles. The largest absolute Gasteiger partial charge is 0.490 e. The number of hydrogen-bond donors (Lipinski definition) is 0. The van der Waals surface area contributed by atoms with Gasteiger partial charge in [0.15, 0.2) is 0 Å². The second-order valence-electron chi connectivity index (χ2n) is 5.78. The van der Waals surface area contributed by atoms with Gasteiger partial charge in [-0.15, -0.1) is 0 Å². The van der Waals surface area contributed by atoms with Gasteiger partial charge in [-0.3, -0.25) is 0 Å². The lowest BCUT2D eigenvalue weighted by Gasteiger charge is -2.40. The quantitative estimate of drug-likeness (QED) is 0.655. The molecule has 2 aromatic carbocycles. The van der Waals surface area contributed by atoms with Crippen molar-refractivity contribution in [2.45, 2.75) is 23.8 Å². The van der Waals surface area contributed by atoms with E-state index in [0.717, 1.165) is 10.0 Å². The topological polar surface area (TPSA) is 61.8 Å². The Morgan fingerprint density at radius 1 is 1.20 bits per heavy atom. The van der Waals surface area contributed by atoms with Crippen molar-refractivity contribution >= 4 is 26.0 Å². The Balaban J connectivity index is 1.64. The second-order valence-corrected chi connectivity index (χ2v) is 8.27. The lowest BCUT2D eigenvalue weighted by Crippen LogP contribution is -2.60. The van der Waals surface area contributed by atoms with Gasteiger partial charge in [-0.1, -0.05) is 33.6 Å². The van der Waals surface area contributed by atoms with Gasteiger partial charge >= 0.3 is 0 Å². The molecule has 1 aliphatic rings. The van der Waals surface area contributed by atoms with Crippen LogP contribution in [0, 0.1) is 6.92 Å². The van der Waals surface area contributed by atoms with E-state index in [9.17, 15) is 12.8 Å². The summed E-state index contributed by atoms with van der Waals surface area (Å²) in [5.41, 5.74) is -1.13. The van der Waals surface area contributed by atoms with Gasteiger partial charge in [0, 0.05) is 4.47 Å². The molecule has 3 rings (SSSR count). The highest BCUT2D eigenvalue weighted by Crippen LogP contribution is 2.34. The maximum Gasteiger partial charge on any atom is 0.299 e. The summed E-state index contributed by atoms with van der Waals surface area (Å²) in [7, 11) is -4.12. The van der Waals surface area contributed by atoms with Crippen LogP contribution in [0.5, 0.6) is 5.75 Å². The number of alkyl halides is 1. The summed E-state index contributed by atoms with van der Waals surface area (Å²) in [5, 5.41) is 0. The molecule has 0 aromatic heterocycles. The highest BCUT2D eigenvalue weighted by molar-refractivity contribution is 9.10. The molecule has 1 fully saturated rings.